The number of thioether (sulfide) groups is 1. The van der Waals surface area contributed by atoms with E-state index in [1.54, 1.807) is 17.0 Å². The number of nitriles is 1. The quantitative estimate of drug-likeness (QED) is 0.693. The summed E-state index contributed by atoms with van der Waals surface area (Å²) in [5.41, 5.74) is 2.62. The summed E-state index contributed by atoms with van der Waals surface area (Å²) >= 11 is 7.53. The van der Waals surface area contributed by atoms with Crippen LogP contribution in [0.5, 0.6) is 5.75 Å². The highest BCUT2D eigenvalue weighted by molar-refractivity contribution is 8.03. The number of hydrogen-bond acceptors (Lipinski definition) is 5. The predicted molar refractivity (Wildman–Crippen MR) is 116 cm³/mol. The number of benzene rings is 2. The molecule has 0 aliphatic carbocycles. The van der Waals surface area contributed by atoms with Crippen LogP contribution in [-0.2, 0) is 4.79 Å². The van der Waals surface area contributed by atoms with E-state index >= 15 is 0 Å². The van der Waals surface area contributed by atoms with Gasteiger partial charge in [0, 0.05) is 23.0 Å². The molecule has 4 rings (SSSR count). The SMILES string of the molecule is CCOc1ccc(N2CSC3=C(C#N)[C@H](c4ccc(Cl)cc4)CC(=O)N3C2)cc1. The number of allylic oxidation sites excluding steroid dienone is 1. The van der Waals surface area contributed by atoms with Gasteiger partial charge in [0.2, 0.25) is 5.91 Å². The molecule has 1 atom stereocenters. The first kappa shape index (κ1) is 19.7. The Hall–Kier alpha value is -2.62. The summed E-state index contributed by atoms with van der Waals surface area (Å²) in [6.45, 7) is 3.02. The second kappa shape index (κ2) is 8.40. The van der Waals surface area contributed by atoms with Gasteiger partial charge in [0.25, 0.3) is 0 Å². The van der Waals surface area contributed by atoms with Gasteiger partial charge in [-0.15, -0.1) is 0 Å². The van der Waals surface area contributed by atoms with Crippen molar-refractivity contribution in [2.24, 2.45) is 0 Å². The van der Waals surface area contributed by atoms with Crippen molar-refractivity contribution in [3.05, 3.63) is 69.7 Å². The number of rotatable bonds is 4. The van der Waals surface area contributed by atoms with E-state index in [-0.39, 0.29) is 18.2 Å². The molecule has 2 aromatic rings. The Bertz CT molecular complexity index is 983. The van der Waals surface area contributed by atoms with E-state index in [9.17, 15) is 10.1 Å². The van der Waals surface area contributed by atoms with Crippen LogP contribution in [0.3, 0.4) is 0 Å². The number of nitrogens with zero attached hydrogens (tertiary/aromatic N) is 3. The van der Waals surface area contributed by atoms with Gasteiger partial charge in [-0.25, -0.2) is 0 Å². The number of hydrogen-bond donors (Lipinski definition) is 0. The Morgan fingerprint density at radius 3 is 2.59 bits per heavy atom. The molecule has 1 fully saturated rings. The smallest absolute Gasteiger partial charge is 0.229 e. The van der Waals surface area contributed by atoms with Crippen molar-refractivity contribution in [2.45, 2.75) is 19.3 Å². The number of amides is 1. The van der Waals surface area contributed by atoms with Gasteiger partial charge in [-0.3, -0.25) is 9.69 Å². The summed E-state index contributed by atoms with van der Waals surface area (Å²) in [6, 6.07) is 17.6. The molecule has 0 N–H and O–H groups in total. The molecule has 0 unspecified atom stereocenters. The molecular formula is C22H20ClN3O2S. The third-order valence-corrected chi connectivity index (χ3v) is 6.49. The maximum Gasteiger partial charge on any atom is 0.229 e. The summed E-state index contributed by atoms with van der Waals surface area (Å²) in [5.74, 6) is 1.31. The van der Waals surface area contributed by atoms with Gasteiger partial charge >= 0.3 is 0 Å². The topological polar surface area (TPSA) is 56.6 Å². The van der Waals surface area contributed by atoms with Crippen molar-refractivity contribution in [2.75, 3.05) is 24.1 Å². The second-order valence-corrected chi connectivity index (χ2v) is 8.21. The molecule has 29 heavy (non-hydrogen) atoms. The molecule has 0 aromatic heterocycles. The lowest BCUT2D eigenvalue weighted by atomic mass is 9.86. The first-order chi connectivity index (χ1) is 14.1. The number of carbonyl (C=O) groups is 1. The highest BCUT2D eigenvalue weighted by Crippen LogP contribution is 2.43. The normalized spacial score (nSPS) is 19.1. The lowest BCUT2D eigenvalue weighted by molar-refractivity contribution is -0.129. The average Bonchev–Trinajstić information content (AvgIpc) is 2.75. The monoisotopic (exact) mass is 425 g/mol. The highest BCUT2D eigenvalue weighted by Gasteiger charge is 2.38. The Balaban J connectivity index is 1.59. The van der Waals surface area contributed by atoms with E-state index in [4.69, 9.17) is 16.3 Å². The molecule has 2 aliphatic heterocycles. The standard InChI is InChI=1S/C22H20ClN3O2S/c1-2-28-18-9-7-17(8-10-18)25-13-26-21(27)11-19(15-3-5-16(23)6-4-15)20(12-24)22(26)29-14-25/h3-10,19H,2,11,13-14H2,1H3/t19-/m0/s1. The molecule has 0 saturated carbocycles. The Morgan fingerprint density at radius 1 is 1.21 bits per heavy atom. The van der Waals surface area contributed by atoms with Gasteiger partial charge < -0.3 is 9.64 Å². The van der Waals surface area contributed by atoms with E-state index in [1.807, 2.05) is 43.3 Å². The summed E-state index contributed by atoms with van der Waals surface area (Å²) in [7, 11) is 0. The molecule has 5 nitrogen and oxygen atoms in total. The zero-order valence-electron chi connectivity index (χ0n) is 16.0. The Labute approximate surface area is 179 Å². The minimum Gasteiger partial charge on any atom is -0.494 e. The molecule has 0 bridgehead atoms. The van der Waals surface area contributed by atoms with Gasteiger partial charge in [0.05, 0.1) is 35.8 Å². The van der Waals surface area contributed by atoms with Crippen LogP contribution in [0.1, 0.15) is 24.8 Å². The van der Waals surface area contributed by atoms with Gasteiger partial charge in [0.1, 0.15) is 5.75 Å². The summed E-state index contributed by atoms with van der Waals surface area (Å²) in [4.78, 5) is 16.8. The van der Waals surface area contributed by atoms with Crippen LogP contribution in [0, 0.1) is 11.3 Å². The summed E-state index contributed by atoms with van der Waals surface area (Å²) < 4.78 is 5.50. The van der Waals surface area contributed by atoms with Crippen LogP contribution >= 0.6 is 23.4 Å². The summed E-state index contributed by atoms with van der Waals surface area (Å²) in [5, 5.41) is 11.3. The molecule has 7 heteroatoms. The van der Waals surface area contributed by atoms with Gasteiger partial charge in [-0.05, 0) is 48.9 Å². The Morgan fingerprint density at radius 2 is 1.93 bits per heavy atom. The van der Waals surface area contributed by atoms with Crippen molar-refractivity contribution < 1.29 is 9.53 Å². The third-order valence-electron chi connectivity index (χ3n) is 5.08. The number of carbonyl (C=O) groups excluding carboxylic acids is 1. The molecular weight excluding hydrogens is 406 g/mol. The minimum absolute atomic E-state index is 0.0297. The third kappa shape index (κ3) is 3.93. The lowest BCUT2D eigenvalue weighted by Crippen LogP contribution is -2.47. The number of anilines is 1. The van der Waals surface area contributed by atoms with E-state index in [2.05, 4.69) is 11.0 Å². The number of halogens is 1. The average molecular weight is 426 g/mol. The van der Waals surface area contributed by atoms with Crippen LogP contribution in [0.4, 0.5) is 5.69 Å². The van der Waals surface area contributed by atoms with Crippen LogP contribution in [0.2, 0.25) is 5.02 Å². The molecule has 1 amide bonds. The molecule has 148 valence electrons. The lowest BCUT2D eigenvalue weighted by Gasteiger charge is -2.42. The first-order valence-electron chi connectivity index (χ1n) is 9.41. The second-order valence-electron chi connectivity index (χ2n) is 6.84. The van der Waals surface area contributed by atoms with E-state index in [0.29, 0.717) is 29.7 Å². The van der Waals surface area contributed by atoms with Crippen molar-refractivity contribution in [1.82, 2.24) is 4.90 Å². The van der Waals surface area contributed by atoms with Crippen molar-refractivity contribution >= 4 is 35.0 Å². The van der Waals surface area contributed by atoms with Crippen molar-refractivity contribution in [3.63, 3.8) is 0 Å². The van der Waals surface area contributed by atoms with Gasteiger partial charge in [-0.1, -0.05) is 35.5 Å². The van der Waals surface area contributed by atoms with Crippen molar-refractivity contribution in [3.8, 4) is 11.8 Å². The molecule has 1 saturated heterocycles. The maximum atomic E-state index is 13.0. The number of fused-ring (bicyclic) bond motifs is 1. The molecule has 2 aromatic carbocycles. The molecule has 0 radical (unpaired) electrons. The maximum absolute atomic E-state index is 13.0. The molecule has 2 heterocycles. The summed E-state index contributed by atoms with van der Waals surface area (Å²) in [6.07, 6.45) is 0.283. The first-order valence-corrected chi connectivity index (χ1v) is 10.8. The Kier molecular flexibility index (Phi) is 5.70. The van der Waals surface area contributed by atoms with Gasteiger partial charge in [0.15, 0.2) is 0 Å². The fourth-order valence-corrected chi connectivity index (χ4v) is 4.92. The fourth-order valence-electron chi connectivity index (χ4n) is 3.63. The predicted octanol–water partition coefficient (Wildman–Crippen LogP) is 4.96. The highest BCUT2D eigenvalue weighted by atomic mass is 35.5. The fraction of sp³-hybridized carbons (Fsp3) is 0.273. The minimum atomic E-state index is -0.222. The zero-order chi connectivity index (χ0) is 20.4. The van der Waals surface area contributed by atoms with E-state index in [1.165, 1.54) is 11.8 Å². The molecule has 0 spiro atoms. The van der Waals surface area contributed by atoms with Crippen LogP contribution in [-0.4, -0.2) is 30.0 Å². The van der Waals surface area contributed by atoms with E-state index < -0.39 is 0 Å². The van der Waals surface area contributed by atoms with Crippen molar-refractivity contribution in [1.29, 1.82) is 5.26 Å². The van der Waals surface area contributed by atoms with E-state index in [0.717, 1.165) is 22.0 Å². The largest absolute Gasteiger partial charge is 0.494 e. The van der Waals surface area contributed by atoms with Crippen LogP contribution in [0.25, 0.3) is 0 Å². The zero-order valence-corrected chi connectivity index (χ0v) is 17.5. The number of ether oxygens (including phenoxy) is 1. The van der Waals surface area contributed by atoms with Crippen LogP contribution < -0.4 is 9.64 Å². The van der Waals surface area contributed by atoms with Gasteiger partial charge in [-0.2, -0.15) is 5.26 Å². The molecule has 2 aliphatic rings. The van der Waals surface area contributed by atoms with Crippen LogP contribution in [0.15, 0.2) is 59.1 Å².